The van der Waals surface area contributed by atoms with Crippen LogP contribution >= 0.6 is 0 Å². The molecule has 92 valence electrons. The molecule has 3 fully saturated rings. The Morgan fingerprint density at radius 3 is 2.75 bits per heavy atom. The lowest BCUT2D eigenvalue weighted by Gasteiger charge is -2.30. The summed E-state index contributed by atoms with van der Waals surface area (Å²) >= 11 is 0. The average molecular weight is 225 g/mol. The molecule has 0 aromatic carbocycles. The molecule has 3 unspecified atom stereocenters. The Bertz CT molecular complexity index is 224. The second-order valence-electron chi connectivity index (χ2n) is 5.54. The van der Waals surface area contributed by atoms with Crippen LogP contribution in [0.4, 0.5) is 0 Å². The normalized spacial score (nSPS) is 40.1. The van der Waals surface area contributed by atoms with Crippen LogP contribution in [0.1, 0.15) is 32.1 Å². The summed E-state index contributed by atoms with van der Waals surface area (Å²) < 4.78 is 11.5. The summed E-state index contributed by atoms with van der Waals surface area (Å²) in [5.74, 6) is 1.38. The minimum absolute atomic E-state index is 0.464. The molecular formula is C13H23NO2. The number of ether oxygens (including phenoxy) is 2. The van der Waals surface area contributed by atoms with Crippen molar-refractivity contribution < 1.29 is 9.47 Å². The molecule has 16 heavy (non-hydrogen) atoms. The van der Waals surface area contributed by atoms with Gasteiger partial charge in [0.1, 0.15) is 0 Å². The zero-order valence-corrected chi connectivity index (χ0v) is 9.99. The van der Waals surface area contributed by atoms with Gasteiger partial charge in [0.25, 0.3) is 0 Å². The average Bonchev–Trinajstić information content (AvgIpc) is 3.05. The Balaban J connectivity index is 1.50. The highest BCUT2D eigenvalue weighted by Gasteiger charge is 2.36. The zero-order chi connectivity index (χ0) is 10.8. The van der Waals surface area contributed by atoms with E-state index in [0.29, 0.717) is 12.0 Å². The molecule has 0 radical (unpaired) electrons. The Morgan fingerprint density at radius 1 is 1.06 bits per heavy atom. The van der Waals surface area contributed by atoms with E-state index in [1.54, 1.807) is 0 Å². The van der Waals surface area contributed by atoms with E-state index in [-0.39, 0.29) is 0 Å². The van der Waals surface area contributed by atoms with Gasteiger partial charge in [-0.25, -0.2) is 0 Å². The van der Waals surface area contributed by atoms with Crippen LogP contribution in [0.25, 0.3) is 0 Å². The third-order valence-corrected chi connectivity index (χ3v) is 4.17. The van der Waals surface area contributed by atoms with Gasteiger partial charge in [-0.1, -0.05) is 0 Å². The maximum Gasteiger partial charge on any atom is 0.0666 e. The molecule has 1 saturated carbocycles. The van der Waals surface area contributed by atoms with E-state index in [1.165, 1.54) is 32.1 Å². The predicted molar refractivity (Wildman–Crippen MR) is 62.4 cm³/mol. The Kier molecular flexibility index (Phi) is 3.46. The van der Waals surface area contributed by atoms with Gasteiger partial charge in [-0.05, 0) is 32.1 Å². The van der Waals surface area contributed by atoms with Crippen molar-refractivity contribution in [2.45, 2.75) is 44.2 Å². The first-order valence-electron chi connectivity index (χ1n) is 6.86. The molecular weight excluding hydrogens is 202 g/mol. The summed E-state index contributed by atoms with van der Waals surface area (Å²) in [6.07, 6.45) is 6.97. The second-order valence-corrected chi connectivity index (χ2v) is 5.54. The van der Waals surface area contributed by atoms with E-state index < -0.39 is 0 Å². The zero-order valence-electron chi connectivity index (χ0n) is 9.99. The van der Waals surface area contributed by atoms with Crippen molar-refractivity contribution in [2.75, 3.05) is 26.4 Å². The van der Waals surface area contributed by atoms with Crippen molar-refractivity contribution in [2.24, 2.45) is 11.8 Å². The molecule has 1 aliphatic carbocycles. The Hall–Kier alpha value is -0.120. The maximum atomic E-state index is 5.94. The van der Waals surface area contributed by atoms with Crippen LogP contribution in [0, 0.1) is 11.8 Å². The summed E-state index contributed by atoms with van der Waals surface area (Å²) in [6.45, 7) is 3.99. The van der Waals surface area contributed by atoms with Crippen molar-refractivity contribution in [3.8, 4) is 0 Å². The molecule has 0 spiro atoms. The third-order valence-electron chi connectivity index (χ3n) is 4.17. The largest absolute Gasteiger partial charge is 0.381 e. The number of hydrogen-bond acceptors (Lipinski definition) is 3. The lowest BCUT2D eigenvalue weighted by Crippen LogP contribution is -2.37. The quantitative estimate of drug-likeness (QED) is 0.788. The minimum Gasteiger partial charge on any atom is -0.381 e. The molecule has 3 atom stereocenters. The lowest BCUT2D eigenvalue weighted by molar-refractivity contribution is -0.0336. The first kappa shape index (κ1) is 11.0. The number of hydrogen-bond donors (Lipinski definition) is 1. The third kappa shape index (κ3) is 2.58. The maximum absolute atomic E-state index is 5.94. The molecule has 1 N–H and O–H groups in total. The fraction of sp³-hybridized carbons (Fsp3) is 1.00. The van der Waals surface area contributed by atoms with Gasteiger partial charge in [0, 0.05) is 37.6 Å². The van der Waals surface area contributed by atoms with Crippen LogP contribution in [0.3, 0.4) is 0 Å². The summed E-state index contributed by atoms with van der Waals surface area (Å²) in [4.78, 5) is 0. The van der Waals surface area contributed by atoms with Crippen molar-refractivity contribution in [3.63, 3.8) is 0 Å². The molecule has 3 aliphatic rings. The van der Waals surface area contributed by atoms with Crippen LogP contribution in [0.2, 0.25) is 0 Å². The number of rotatable bonds is 4. The fourth-order valence-corrected chi connectivity index (χ4v) is 3.03. The van der Waals surface area contributed by atoms with Crippen LogP contribution in [0.5, 0.6) is 0 Å². The van der Waals surface area contributed by atoms with Gasteiger partial charge in [0.2, 0.25) is 0 Å². The Morgan fingerprint density at radius 2 is 2.00 bits per heavy atom. The van der Waals surface area contributed by atoms with Crippen molar-refractivity contribution in [1.82, 2.24) is 5.32 Å². The highest BCUT2D eigenvalue weighted by Crippen LogP contribution is 2.32. The highest BCUT2D eigenvalue weighted by atomic mass is 16.5. The minimum atomic E-state index is 0.464. The second kappa shape index (κ2) is 5.03. The molecule has 0 amide bonds. The van der Waals surface area contributed by atoms with Gasteiger partial charge in [0.15, 0.2) is 0 Å². The van der Waals surface area contributed by atoms with E-state index in [0.717, 1.165) is 38.3 Å². The van der Waals surface area contributed by atoms with Gasteiger partial charge in [0.05, 0.1) is 12.7 Å². The van der Waals surface area contributed by atoms with Crippen LogP contribution in [-0.2, 0) is 9.47 Å². The highest BCUT2D eigenvalue weighted by molar-refractivity contribution is 4.88. The van der Waals surface area contributed by atoms with E-state index in [2.05, 4.69) is 5.32 Å². The first-order chi connectivity index (χ1) is 7.93. The van der Waals surface area contributed by atoms with E-state index in [4.69, 9.17) is 9.47 Å². The van der Waals surface area contributed by atoms with E-state index >= 15 is 0 Å². The Labute approximate surface area is 97.9 Å². The molecule has 0 aromatic heterocycles. The molecule has 2 saturated heterocycles. The smallest absolute Gasteiger partial charge is 0.0666 e. The number of nitrogens with one attached hydrogen (secondary N) is 1. The standard InChI is InChI=1S/C13H23NO2/c1-2-11(9-15-6-1)13-10(5-7-16-13)8-14-12-3-4-12/h10-14H,1-9H2. The molecule has 0 aromatic rings. The summed E-state index contributed by atoms with van der Waals surface area (Å²) in [5.41, 5.74) is 0. The van der Waals surface area contributed by atoms with E-state index in [1.807, 2.05) is 0 Å². The molecule has 2 aliphatic heterocycles. The molecule has 3 heteroatoms. The van der Waals surface area contributed by atoms with E-state index in [9.17, 15) is 0 Å². The molecule has 3 nitrogen and oxygen atoms in total. The van der Waals surface area contributed by atoms with Crippen molar-refractivity contribution >= 4 is 0 Å². The van der Waals surface area contributed by atoms with Gasteiger partial charge in [-0.3, -0.25) is 0 Å². The fourth-order valence-electron chi connectivity index (χ4n) is 3.03. The van der Waals surface area contributed by atoms with Gasteiger partial charge >= 0.3 is 0 Å². The van der Waals surface area contributed by atoms with Crippen molar-refractivity contribution in [3.05, 3.63) is 0 Å². The van der Waals surface area contributed by atoms with Gasteiger partial charge in [-0.15, -0.1) is 0 Å². The topological polar surface area (TPSA) is 30.5 Å². The lowest BCUT2D eigenvalue weighted by atomic mass is 9.87. The monoisotopic (exact) mass is 225 g/mol. The van der Waals surface area contributed by atoms with Gasteiger partial charge < -0.3 is 14.8 Å². The van der Waals surface area contributed by atoms with Crippen LogP contribution < -0.4 is 5.32 Å². The van der Waals surface area contributed by atoms with Crippen molar-refractivity contribution in [1.29, 1.82) is 0 Å². The molecule has 2 heterocycles. The molecule has 3 rings (SSSR count). The first-order valence-corrected chi connectivity index (χ1v) is 6.86. The summed E-state index contributed by atoms with van der Waals surface area (Å²) in [5, 5.41) is 3.65. The van der Waals surface area contributed by atoms with Crippen LogP contribution in [-0.4, -0.2) is 38.5 Å². The summed E-state index contributed by atoms with van der Waals surface area (Å²) in [7, 11) is 0. The van der Waals surface area contributed by atoms with Crippen LogP contribution in [0.15, 0.2) is 0 Å². The van der Waals surface area contributed by atoms with Gasteiger partial charge in [-0.2, -0.15) is 0 Å². The summed E-state index contributed by atoms with van der Waals surface area (Å²) in [6, 6.07) is 0.823. The predicted octanol–water partition coefficient (Wildman–Crippen LogP) is 1.57. The SMILES string of the molecule is C1COCC(C2OCCC2CNC2CC2)C1. The molecule has 0 bridgehead atoms.